The van der Waals surface area contributed by atoms with E-state index in [-0.39, 0.29) is 0 Å². The molecule has 0 radical (unpaired) electrons. The third-order valence-electron chi connectivity index (χ3n) is 3.31. The van der Waals surface area contributed by atoms with E-state index < -0.39 is 0 Å². The highest BCUT2D eigenvalue weighted by atomic mass is 14.9. The first-order valence-electron chi connectivity index (χ1n) is 6.02. The zero-order chi connectivity index (χ0) is 9.57. The van der Waals surface area contributed by atoms with Gasteiger partial charge in [-0.3, -0.25) is 0 Å². The Hall–Kier alpha value is -0.0400. The molecule has 0 bridgehead atoms. The summed E-state index contributed by atoms with van der Waals surface area (Å²) in [5.41, 5.74) is 0.444. The Labute approximate surface area is 83.3 Å². The molecule has 1 N–H and O–H groups in total. The summed E-state index contributed by atoms with van der Waals surface area (Å²) >= 11 is 0. The highest BCUT2D eigenvalue weighted by molar-refractivity contribution is 4.83. The number of nitrogens with one attached hydrogen (secondary N) is 1. The fraction of sp³-hybridized carbons (Fsp3) is 1.00. The Kier molecular flexibility index (Phi) is 4.79. The van der Waals surface area contributed by atoms with Gasteiger partial charge in [0.25, 0.3) is 0 Å². The molecule has 1 saturated carbocycles. The van der Waals surface area contributed by atoms with Crippen molar-refractivity contribution in [1.82, 2.24) is 5.32 Å². The van der Waals surface area contributed by atoms with Crippen LogP contribution in [0.2, 0.25) is 0 Å². The van der Waals surface area contributed by atoms with E-state index in [4.69, 9.17) is 0 Å². The maximum atomic E-state index is 3.66. The summed E-state index contributed by atoms with van der Waals surface area (Å²) in [6, 6.07) is 0. The Balaban J connectivity index is 2.39. The fourth-order valence-electron chi connectivity index (χ4n) is 2.47. The SMILES string of the molecule is CCNC1(C)CCCCCCCC1. The molecule has 0 saturated heterocycles. The molecule has 13 heavy (non-hydrogen) atoms. The molecule has 0 unspecified atom stereocenters. The zero-order valence-corrected chi connectivity index (χ0v) is 9.36. The highest BCUT2D eigenvalue weighted by Crippen LogP contribution is 2.24. The number of hydrogen-bond acceptors (Lipinski definition) is 1. The maximum Gasteiger partial charge on any atom is 0.0153 e. The van der Waals surface area contributed by atoms with E-state index in [1.807, 2.05) is 0 Å². The van der Waals surface area contributed by atoms with Crippen LogP contribution in [-0.2, 0) is 0 Å². The minimum absolute atomic E-state index is 0.444. The van der Waals surface area contributed by atoms with Crippen LogP contribution >= 0.6 is 0 Å². The van der Waals surface area contributed by atoms with Gasteiger partial charge in [0, 0.05) is 5.54 Å². The van der Waals surface area contributed by atoms with Gasteiger partial charge in [0.2, 0.25) is 0 Å². The van der Waals surface area contributed by atoms with Crippen LogP contribution in [0.25, 0.3) is 0 Å². The van der Waals surface area contributed by atoms with Crippen molar-refractivity contribution in [3.05, 3.63) is 0 Å². The van der Waals surface area contributed by atoms with Crippen LogP contribution in [0, 0.1) is 0 Å². The Bertz CT molecular complexity index is 121. The predicted octanol–water partition coefficient (Wildman–Crippen LogP) is 3.49. The molecule has 1 heteroatoms. The topological polar surface area (TPSA) is 12.0 Å². The normalized spacial score (nSPS) is 24.5. The average Bonchev–Trinajstić information content (AvgIpc) is 2.18. The van der Waals surface area contributed by atoms with E-state index in [1.54, 1.807) is 0 Å². The molecule has 1 aliphatic rings. The summed E-state index contributed by atoms with van der Waals surface area (Å²) in [4.78, 5) is 0. The molecule has 0 aromatic heterocycles. The van der Waals surface area contributed by atoms with Crippen LogP contribution in [0.3, 0.4) is 0 Å². The molecular formula is C12H25N. The van der Waals surface area contributed by atoms with Crippen molar-refractivity contribution in [1.29, 1.82) is 0 Å². The first-order chi connectivity index (χ1) is 6.27. The lowest BCUT2D eigenvalue weighted by molar-refractivity contribution is 0.302. The number of rotatable bonds is 2. The Morgan fingerprint density at radius 2 is 1.38 bits per heavy atom. The van der Waals surface area contributed by atoms with E-state index in [0.717, 1.165) is 6.54 Å². The summed E-state index contributed by atoms with van der Waals surface area (Å²) < 4.78 is 0. The van der Waals surface area contributed by atoms with Gasteiger partial charge in [-0.2, -0.15) is 0 Å². The van der Waals surface area contributed by atoms with E-state index in [1.165, 1.54) is 51.4 Å². The molecule has 1 aliphatic carbocycles. The van der Waals surface area contributed by atoms with Crippen molar-refractivity contribution in [2.45, 2.75) is 70.8 Å². The molecular weight excluding hydrogens is 158 g/mol. The second kappa shape index (κ2) is 5.64. The zero-order valence-electron chi connectivity index (χ0n) is 9.36. The second-order valence-electron chi connectivity index (χ2n) is 4.71. The van der Waals surface area contributed by atoms with Gasteiger partial charge in [-0.25, -0.2) is 0 Å². The van der Waals surface area contributed by atoms with Crippen LogP contribution in [0.5, 0.6) is 0 Å². The van der Waals surface area contributed by atoms with Crippen LogP contribution in [0.1, 0.15) is 65.2 Å². The van der Waals surface area contributed by atoms with Crippen LogP contribution in [0.4, 0.5) is 0 Å². The van der Waals surface area contributed by atoms with Gasteiger partial charge in [-0.05, 0) is 26.3 Å². The summed E-state index contributed by atoms with van der Waals surface area (Å²) in [6.07, 6.45) is 11.4. The quantitative estimate of drug-likeness (QED) is 0.691. The van der Waals surface area contributed by atoms with E-state index >= 15 is 0 Å². The maximum absolute atomic E-state index is 3.66. The Morgan fingerprint density at radius 3 is 1.85 bits per heavy atom. The van der Waals surface area contributed by atoms with Crippen LogP contribution in [0.15, 0.2) is 0 Å². The van der Waals surface area contributed by atoms with E-state index in [2.05, 4.69) is 19.2 Å². The van der Waals surface area contributed by atoms with Gasteiger partial charge in [0.1, 0.15) is 0 Å². The lowest BCUT2D eigenvalue weighted by Crippen LogP contribution is -2.42. The smallest absolute Gasteiger partial charge is 0.0153 e. The molecule has 0 atom stereocenters. The third kappa shape index (κ3) is 4.12. The Morgan fingerprint density at radius 1 is 0.923 bits per heavy atom. The van der Waals surface area contributed by atoms with Crippen molar-refractivity contribution < 1.29 is 0 Å². The fourth-order valence-corrected chi connectivity index (χ4v) is 2.47. The summed E-state index contributed by atoms with van der Waals surface area (Å²) in [6.45, 7) is 5.75. The summed E-state index contributed by atoms with van der Waals surface area (Å²) in [5, 5.41) is 3.66. The van der Waals surface area contributed by atoms with Gasteiger partial charge >= 0.3 is 0 Å². The predicted molar refractivity (Wildman–Crippen MR) is 59.0 cm³/mol. The molecule has 0 amide bonds. The van der Waals surface area contributed by atoms with Gasteiger partial charge < -0.3 is 5.32 Å². The standard InChI is InChI=1S/C12H25N/c1-3-13-12(2)10-8-6-4-5-7-9-11-12/h13H,3-11H2,1-2H3. The van der Waals surface area contributed by atoms with Gasteiger partial charge in [0.05, 0.1) is 0 Å². The highest BCUT2D eigenvalue weighted by Gasteiger charge is 2.22. The minimum Gasteiger partial charge on any atom is -0.312 e. The first kappa shape index (κ1) is 11.0. The molecule has 0 spiro atoms. The molecule has 0 aromatic carbocycles. The van der Waals surface area contributed by atoms with E-state index in [0.29, 0.717) is 5.54 Å². The molecule has 0 aliphatic heterocycles. The monoisotopic (exact) mass is 183 g/mol. The van der Waals surface area contributed by atoms with Gasteiger partial charge in [-0.1, -0.05) is 45.4 Å². The van der Waals surface area contributed by atoms with Crippen molar-refractivity contribution in [2.75, 3.05) is 6.54 Å². The third-order valence-corrected chi connectivity index (χ3v) is 3.31. The van der Waals surface area contributed by atoms with Crippen molar-refractivity contribution in [3.63, 3.8) is 0 Å². The molecule has 78 valence electrons. The minimum atomic E-state index is 0.444. The lowest BCUT2D eigenvalue weighted by Gasteiger charge is -2.30. The summed E-state index contributed by atoms with van der Waals surface area (Å²) in [5.74, 6) is 0. The first-order valence-corrected chi connectivity index (χ1v) is 6.02. The van der Waals surface area contributed by atoms with Crippen molar-refractivity contribution >= 4 is 0 Å². The largest absolute Gasteiger partial charge is 0.312 e. The van der Waals surface area contributed by atoms with Gasteiger partial charge in [-0.15, -0.1) is 0 Å². The van der Waals surface area contributed by atoms with E-state index in [9.17, 15) is 0 Å². The lowest BCUT2D eigenvalue weighted by atomic mass is 9.90. The summed E-state index contributed by atoms with van der Waals surface area (Å²) in [7, 11) is 0. The second-order valence-corrected chi connectivity index (χ2v) is 4.71. The molecule has 0 aromatic rings. The molecule has 0 heterocycles. The van der Waals surface area contributed by atoms with Crippen molar-refractivity contribution in [2.24, 2.45) is 0 Å². The van der Waals surface area contributed by atoms with Crippen LogP contribution in [-0.4, -0.2) is 12.1 Å². The van der Waals surface area contributed by atoms with Gasteiger partial charge in [0.15, 0.2) is 0 Å². The van der Waals surface area contributed by atoms with Crippen molar-refractivity contribution in [3.8, 4) is 0 Å². The molecule has 1 fully saturated rings. The molecule has 1 rings (SSSR count). The average molecular weight is 183 g/mol. The molecule has 1 nitrogen and oxygen atoms in total. The van der Waals surface area contributed by atoms with Crippen LogP contribution < -0.4 is 5.32 Å². The number of hydrogen-bond donors (Lipinski definition) is 1.